The van der Waals surface area contributed by atoms with Gasteiger partial charge in [-0.25, -0.2) is 0 Å². The molecule has 1 aliphatic carbocycles. The Hall–Kier alpha value is -0.766. The fourth-order valence-corrected chi connectivity index (χ4v) is 8.89. The summed E-state index contributed by atoms with van der Waals surface area (Å²) < 4.78 is 14.3. The maximum absolute atomic E-state index is 7.24. The Morgan fingerprint density at radius 2 is 1.24 bits per heavy atom. The summed E-state index contributed by atoms with van der Waals surface area (Å²) in [5.41, 5.74) is 1.46. The van der Waals surface area contributed by atoms with Gasteiger partial charge in [-0.3, -0.25) is 0 Å². The molecule has 2 aromatic carbocycles. The quantitative estimate of drug-likeness (QED) is 0.215. The minimum absolute atomic E-state index is 0.0944. The van der Waals surface area contributed by atoms with E-state index in [0.717, 1.165) is 18.6 Å². The zero-order chi connectivity index (χ0) is 28.2. The van der Waals surface area contributed by atoms with Crippen molar-refractivity contribution in [2.45, 2.75) is 113 Å². The molecule has 1 fully saturated rings. The van der Waals surface area contributed by atoms with Crippen molar-refractivity contribution in [3.63, 3.8) is 0 Å². The third-order valence-corrected chi connectivity index (χ3v) is 19.8. The third-order valence-electron chi connectivity index (χ3n) is 8.65. The number of benzene rings is 2. The average Bonchev–Trinajstić information content (AvgIpc) is 2.81. The number of rotatable bonds is 9. The molecule has 38 heavy (non-hydrogen) atoms. The second-order valence-corrected chi connectivity index (χ2v) is 25.3. The van der Waals surface area contributed by atoms with Gasteiger partial charge in [0.05, 0.1) is 6.10 Å². The van der Waals surface area contributed by atoms with Gasteiger partial charge in [-0.1, -0.05) is 89.7 Å². The predicted molar refractivity (Wildman–Crippen MR) is 174 cm³/mol. The van der Waals surface area contributed by atoms with E-state index < -0.39 is 16.6 Å². The van der Waals surface area contributed by atoms with Gasteiger partial charge >= 0.3 is 0 Å². The molecule has 0 radical (unpaired) electrons. The lowest BCUT2D eigenvalue weighted by atomic mass is 9.82. The van der Waals surface area contributed by atoms with Crippen molar-refractivity contribution < 1.29 is 8.85 Å². The van der Waals surface area contributed by atoms with Gasteiger partial charge in [0.2, 0.25) is 0 Å². The van der Waals surface area contributed by atoms with Crippen molar-refractivity contribution in [2.75, 3.05) is 5.75 Å². The molecule has 0 spiro atoms. The molecule has 2 nitrogen and oxygen atoms in total. The Labute approximate surface area is 244 Å². The van der Waals surface area contributed by atoms with Crippen LogP contribution in [0, 0.1) is 5.92 Å². The largest absolute Gasteiger partial charge is 0.414 e. The molecule has 2 aromatic rings. The van der Waals surface area contributed by atoms with Crippen molar-refractivity contribution >= 4 is 40.2 Å². The topological polar surface area (TPSA) is 18.5 Å². The molecule has 0 saturated heterocycles. The molecule has 1 saturated carbocycles. The Morgan fingerprint density at radius 3 is 1.76 bits per heavy atom. The van der Waals surface area contributed by atoms with Crippen LogP contribution in [0.1, 0.15) is 54.4 Å². The lowest BCUT2D eigenvalue weighted by molar-refractivity contribution is 0.0671. The van der Waals surface area contributed by atoms with Crippen LogP contribution in [0.2, 0.25) is 36.3 Å². The molecule has 0 amide bonds. The van der Waals surface area contributed by atoms with E-state index in [0.29, 0.717) is 5.92 Å². The minimum atomic E-state index is -1.98. The Balaban J connectivity index is 1.97. The third kappa shape index (κ3) is 8.61. The molecule has 0 aliphatic heterocycles. The second kappa shape index (κ2) is 12.8. The first-order valence-corrected chi connectivity index (χ1v) is 21.7. The van der Waals surface area contributed by atoms with E-state index in [1.165, 1.54) is 15.4 Å². The van der Waals surface area contributed by atoms with Crippen molar-refractivity contribution in [3.8, 4) is 0 Å². The monoisotopic (exact) mass is 586 g/mol. The fourth-order valence-electron chi connectivity index (χ4n) is 4.21. The summed E-state index contributed by atoms with van der Waals surface area (Å²) >= 11 is 3.81. The number of thioether (sulfide) groups is 2. The first-order chi connectivity index (χ1) is 17.6. The Bertz CT molecular complexity index is 1040. The highest BCUT2D eigenvalue weighted by atomic mass is 32.2. The van der Waals surface area contributed by atoms with Gasteiger partial charge in [0.1, 0.15) is 0 Å². The van der Waals surface area contributed by atoms with E-state index in [4.69, 9.17) is 8.85 Å². The number of hydrogen-bond donors (Lipinski definition) is 0. The summed E-state index contributed by atoms with van der Waals surface area (Å²) in [6, 6.07) is 21.6. The van der Waals surface area contributed by atoms with Crippen LogP contribution >= 0.6 is 23.5 Å². The van der Waals surface area contributed by atoms with Gasteiger partial charge < -0.3 is 8.85 Å². The molecule has 0 N–H and O–H groups in total. The summed E-state index contributed by atoms with van der Waals surface area (Å²) in [4.78, 5) is 2.61. The van der Waals surface area contributed by atoms with Crippen LogP contribution in [0.4, 0.5) is 0 Å². The van der Waals surface area contributed by atoms with E-state index in [-0.39, 0.29) is 22.3 Å². The predicted octanol–water partition coefficient (Wildman–Crippen LogP) is 10.6. The molecule has 0 bridgehead atoms. The van der Waals surface area contributed by atoms with Crippen LogP contribution < -0.4 is 0 Å². The van der Waals surface area contributed by atoms with Gasteiger partial charge in [-0.2, -0.15) is 0 Å². The summed E-state index contributed by atoms with van der Waals surface area (Å²) in [6.45, 7) is 23.6. The van der Waals surface area contributed by atoms with Gasteiger partial charge in [-0.05, 0) is 83.8 Å². The average molecular weight is 587 g/mol. The van der Waals surface area contributed by atoms with Crippen LogP contribution in [0.5, 0.6) is 0 Å². The first-order valence-electron chi connectivity index (χ1n) is 14.0. The molecule has 210 valence electrons. The zero-order valence-corrected chi connectivity index (χ0v) is 29.0. The standard InChI is InChI=1S/C32H50O2S2Si2/c1-31(2,3)37(7,8)33-26-21-25(23-35-27-17-13-11-14-18-27)29(24-36-28-19-15-12-16-20-28)30(22-26)34-38(9,10)32(4,5)6/h11-20,24-26,30H,21-23H2,1-10H3/b29-24+/t25?,26-,30+/m1/s1. The van der Waals surface area contributed by atoms with E-state index >= 15 is 0 Å². The van der Waals surface area contributed by atoms with Crippen LogP contribution in [-0.4, -0.2) is 34.6 Å². The molecular weight excluding hydrogens is 537 g/mol. The Kier molecular flexibility index (Phi) is 10.7. The van der Waals surface area contributed by atoms with Gasteiger partial charge in [0, 0.05) is 28.1 Å². The summed E-state index contributed by atoms with van der Waals surface area (Å²) in [7, 11) is -3.89. The fraction of sp³-hybridized carbons (Fsp3) is 0.562. The summed E-state index contributed by atoms with van der Waals surface area (Å²) in [6.07, 6.45) is 2.33. The summed E-state index contributed by atoms with van der Waals surface area (Å²) in [5.74, 6) is 1.45. The summed E-state index contributed by atoms with van der Waals surface area (Å²) in [5, 5.41) is 2.77. The second-order valence-electron chi connectivity index (χ2n) is 13.7. The van der Waals surface area contributed by atoms with Gasteiger partial charge in [0.25, 0.3) is 0 Å². The Morgan fingerprint density at radius 1 is 0.737 bits per heavy atom. The van der Waals surface area contributed by atoms with Crippen molar-refractivity contribution in [1.29, 1.82) is 0 Å². The van der Waals surface area contributed by atoms with Crippen LogP contribution in [0.25, 0.3) is 0 Å². The zero-order valence-electron chi connectivity index (χ0n) is 25.3. The molecule has 0 aromatic heterocycles. The van der Waals surface area contributed by atoms with E-state index in [1.54, 1.807) is 0 Å². The smallest absolute Gasteiger partial charge is 0.192 e. The molecule has 6 heteroatoms. The molecule has 0 heterocycles. The molecular formula is C32H50O2S2Si2. The van der Waals surface area contributed by atoms with Gasteiger partial charge in [-0.15, -0.1) is 11.8 Å². The number of hydrogen-bond acceptors (Lipinski definition) is 4. The van der Waals surface area contributed by atoms with Crippen LogP contribution in [-0.2, 0) is 8.85 Å². The normalized spacial score (nSPS) is 22.6. The molecule has 1 unspecified atom stereocenters. The SMILES string of the molecule is CC(C)(C)[Si](C)(C)O[C@@H]1CC(CSc2ccccc2)/C(=C\Sc2ccccc2)[C@@H](O[Si](C)(C)C(C)(C)C)C1. The molecule has 3 rings (SSSR count). The van der Waals surface area contributed by atoms with E-state index in [2.05, 4.69) is 134 Å². The molecule has 3 atom stereocenters. The lowest BCUT2D eigenvalue weighted by Crippen LogP contribution is -2.50. The highest BCUT2D eigenvalue weighted by Gasteiger charge is 2.46. The van der Waals surface area contributed by atoms with Crippen molar-refractivity contribution in [2.24, 2.45) is 5.92 Å². The maximum atomic E-state index is 7.24. The van der Waals surface area contributed by atoms with Crippen molar-refractivity contribution in [3.05, 3.63) is 71.6 Å². The molecule has 1 aliphatic rings. The highest BCUT2D eigenvalue weighted by molar-refractivity contribution is 8.02. The highest BCUT2D eigenvalue weighted by Crippen LogP contribution is 2.46. The van der Waals surface area contributed by atoms with Crippen molar-refractivity contribution in [1.82, 2.24) is 0 Å². The first kappa shape index (κ1) is 31.8. The van der Waals surface area contributed by atoms with Crippen LogP contribution in [0.15, 0.2) is 81.4 Å². The van der Waals surface area contributed by atoms with E-state index in [9.17, 15) is 0 Å². The van der Waals surface area contributed by atoms with E-state index in [1.807, 2.05) is 23.5 Å². The van der Waals surface area contributed by atoms with Crippen LogP contribution in [0.3, 0.4) is 0 Å². The minimum Gasteiger partial charge on any atom is -0.414 e. The maximum Gasteiger partial charge on any atom is 0.192 e. The van der Waals surface area contributed by atoms with Gasteiger partial charge in [0.15, 0.2) is 16.6 Å². The lowest BCUT2D eigenvalue weighted by Gasteiger charge is -2.47.